The summed E-state index contributed by atoms with van der Waals surface area (Å²) in [5.41, 5.74) is 0.0303. The molecule has 23 heavy (non-hydrogen) atoms. The van der Waals surface area contributed by atoms with E-state index >= 15 is 0 Å². The van der Waals surface area contributed by atoms with Gasteiger partial charge in [-0.25, -0.2) is 0 Å². The van der Waals surface area contributed by atoms with Crippen LogP contribution in [0.4, 0.5) is 5.69 Å². The zero-order chi connectivity index (χ0) is 17.2. The van der Waals surface area contributed by atoms with Gasteiger partial charge >= 0.3 is 0 Å². The first-order valence-corrected chi connectivity index (χ1v) is 7.55. The van der Waals surface area contributed by atoms with Gasteiger partial charge in [-0.15, -0.1) is 0 Å². The van der Waals surface area contributed by atoms with E-state index in [1.807, 2.05) is 6.92 Å². The summed E-state index contributed by atoms with van der Waals surface area (Å²) in [7, 11) is 0. The van der Waals surface area contributed by atoms with Crippen LogP contribution in [-0.4, -0.2) is 21.2 Å². The van der Waals surface area contributed by atoms with Crippen LogP contribution < -0.4 is 10.9 Å². The van der Waals surface area contributed by atoms with E-state index in [0.29, 0.717) is 16.4 Å². The van der Waals surface area contributed by atoms with Crippen molar-refractivity contribution in [3.05, 3.63) is 63.0 Å². The number of benzene rings is 1. The van der Waals surface area contributed by atoms with E-state index in [0.717, 1.165) is 5.56 Å². The molecule has 0 radical (unpaired) electrons. The van der Waals surface area contributed by atoms with Gasteiger partial charge in [-0.1, -0.05) is 17.7 Å². The molecule has 2 N–H and O–H groups in total. The minimum atomic E-state index is -1.73. The summed E-state index contributed by atoms with van der Waals surface area (Å²) in [6.45, 7) is 4.81. The number of hydrogen-bond donors (Lipinski definition) is 2. The van der Waals surface area contributed by atoms with Crippen molar-refractivity contribution in [1.29, 1.82) is 0 Å². The number of halogens is 1. The number of rotatable bonds is 4. The molecule has 1 aromatic carbocycles. The number of nitrogens with zero attached hydrogens (tertiary/aromatic N) is 1. The Labute approximate surface area is 139 Å². The lowest BCUT2D eigenvalue weighted by Gasteiger charge is -2.24. The molecule has 0 saturated heterocycles. The summed E-state index contributed by atoms with van der Waals surface area (Å²) >= 11 is 5.89. The lowest BCUT2D eigenvalue weighted by molar-refractivity contribution is -0.133. The largest absolute Gasteiger partial charge is 0.378 e. The second kappa shape index (κ2) is 6.56. The van der Waals surface area contributed by atoms with Gasteiger partial charge in [0.2, 0.25) is 0 Å². The number of carbonyl (C=O) groups excluding carboxylic acids is 1. The lowest BCUT2D eigenvalue weighted by atomic mass is 10.0. The van der Waals surface area contributed by atoms with Gasteiger partial charge in [0.15, 0.2) is 5.60 Å². The Bertz CT molecular complexity index is 797. The molecule has 2 rings (SSSR count). The van der Waals surface area contributed by atoms with Crippen LogP contribution in [0.2, 0.25) is 5.02 Å². The number of anilines is 1. The molecule has 0 aliphatic carbocycles. The summed E-state index contributed by atoms with van der Waals surface area (Å²) in [5.74, 6) is -0.585. The first kappa shape index (κ1) is 17.2. The van der Waals surface area contributed by atoms with Gasteiger partial charge in [-0.3, -0.25) is 9.59 Å². The summed E-state index contributed by atoms with van der Waals surface area (Å²) in [5, 5.41) is 13.7. The van der Waals surface area contributed by atoms with Crippen molar-refractivity contribution in [3.63, 3.8) is 0 Å². The quantitative estimate of drug-likeness (QED) is 0.902. The van der Waals surface area contributed by atoms with Crippen LogP contribution in [0.5, 0.6) is 0 Å². The fourth-order valence-electron chi connectivity index (χ4n) is 2.23. The Morgan fingerprint density at radius 2 is 2.00 bits per heavy atom. The van der Waals surface area contributed by atoms with Crippen molar-refractivity contribution in [2.75, 3.05) is 5.32 Å². The monoisotopic (exact) mass is 334 g/mol. The predicted molar refractivity (Wildman–Crippen MR) is 90.9 cm³/mol. The topological polar surface area (TPSA) is 71.3 Å². The summed E-state index contributed by atoms with van der Waals surface area (Å²) < 4.78 is 1.37. The maximum absolute atomic E-state index is 12.4. The van der Waals surface area contributed by atoms with E-state index in [4.69, 9.17) is 11.6 Å². The molecule has 2 aromatic rings. The fourth-order valence-corrected chi connectivity index (χ4v) is 2.46. The molecule has 6 heteroatoms. The molecule has 5 nitrogen and oxygen atoms in total. The predicted octanol–water partition coefficient (Wildman–Crippen LogP) is 2.51. The SMILES string of the molecule is Cc1cc(Cl)ccc1NC(=O)[C@@](C)(O)Cn1c(C)cccc1=O. The number of amides is 1. The Morgan fingerprint density at radius 3 is 2.61 bits per heavy atom. The van der Waals surface area contributed by atoms with E-state index in [-0.39, 0.29) is 12.1 Å². The van der Waals surface area contributed by atoms with Crippen molar-refractivity contribution >= 4 is 23.2 Å². The average Bonchev–Trinajstić information content (AvgIpc) is 2.46. The van der Waals surface area contributed by atoms with Gasteiger partial charge in [-0.05, 0) is 50.6 Å². The Balaban J connectivity index is 2.22. The number of pyridine rings is 1. The number of carbonyl (C=O) groups is 1. The van der Waals surface area contributed by atoms with E-state index in [1.54, 1.807) is 37.3 Å². The molecule has 0 aliphatic heterocycles. The third-order valence-electron chi connectivity index (χ3n) is 3.66. The highest BCUT2D eigenvalue weighted by Gasteiger charge is 2.31. The zero-order valence-electron chi connectivity index (χ0n) is 13.3. The number of nitrogens with one attached hydrogen (secondary N) is 1. The Kier molecular flexibility index (Phi) is 4.92. The highest BCUT2D eigenvalue weighted by Crippen LogP contribution is 2.21. The minimum Gasteiger partial charge on any atom is -0.378 e. The molecular formula is C17H19ClN2O3. The first-order chi connectivity index (χ1) is 10.7. The smallest absolute Gasteiger partial charge is 0.257 e. The van der Waals surface area contributed by atoms with Crippen molar-refractivity contribution in [3.8, 4) is 0 Å². The standard InChI is InChI=1S/C17H19ClN2O3/c1-11-9-13(18)7-8-14(11)19-16(22)17(3,23)10-20-12(2)5-4-6-15(20)21/h4-9,23H,10H2,1-3H3,(H,19,22)/t17-/m0/s1. The van der Waals surface area contributed by atoms with Crippen molar-refractivity contribution < 1.29 is 9.90 Å². The number of aliphatic hydroxyl groups is 1. The Morgan fingerprint density at radius 1 is 1.30 bits per heavy atom. The maximum atomic E-state index is 12.4. The van der Waals surface area contributed by atoms with Crippen molar-refractivity contribution in [1.82, 2.24) is 4.57 Å². The molecule has 0 fully saturated rings. The number of hydrogen-bond acceptors (Lipinski definition) is 3. The molecule has 1 atom stereocenters. The van der Waals surface area contributed by atoms with E-state index in [1.165, 1.54) is 17.6 Å². The molecule has 0 unspecified atom stereocenters. The van der Waals surface area contributed by atoms with Gasteiger partial charge in [0.05, 0.1) is 6.54 Å². The zero-order valence-corrected chi connectivity index (χ0v) is 14.0. The number of aromatic nitrogens is 1. The molecule has 1 heterocycles. The minimum absolute atomic E-state index is 0.128. The van der Waals surface area contributed by atoms with Gasteiger partial charge in [0.25, 0.3) is 11.5 Å². The van der Waals surface area contributed by atoms with E-state index < -0.39 is 11.5 Å². The third-order valence-corrected chi connectivity index (χ3v) is 3.89. The van der Waals surface area contributed by atoms with Crippen molar-refractivity contribution in [2.24, 2.45) is 0 Å². The molecule has 0 saturated carbocycles. The van der Waals surface area contributed by atoms with E-state index in [9.17, 15) is 14.7 Å². The summed E-state index contributed by atoms with van der Waals surface area (Å²) in [4.78, 5) is 24.3. The highest BCUT2D eigenvalue weighted by atomic mass is 35.5. The molecule has 0 bridgehead atoms. The first-order valence-electron chi connectivity index (χ1n) is 7.17. The van der Waals surface area contributed by atoms with Crippen LogP contribution in [0.25, 0.3) is 0 Å². The van der Waals surface area contributed by atoms with Gasteiger partial charge in [-0.2, -0.15) is 0 Å². The van der Waals surface area contributed by atoms with Crippen LogP contribution in [0.15, 0.2) is 41.2 Å². The molecule has 1 aromatic heterocycles. The van der Waals surface area contributed by atoms with Crippen LogP contribution in [0.1, 0.15) is 18.2 Å². The molecular weight excluding hydrogens is 316 g/mol. The van der Waals surface area contributed by atoms with Crippen LogP contribution >= 0.6 is 11.6 Å². The van der Waals surface area contributed by atoms with Gasteiger partial charge in [0.1, 0.15) is 0 Å². The average molecular weight is 335 g/mol. The Hall–Kier alpha value is -2.11. The lowest BCUT2D eigenvalue weighted by Crippen LogP contribution is -2.46. The maximum Gasteiger partial charge on any atom is 0.257 e. The molecule has 0 spiro atoms. The highest BCUT2D eigenvalue weighted by molar-refractivity contribution is 6.30. The second-order valence-electron chi connectivity index (χ2n) is 5.78. The van der Waals surface area contributed by atoms with Crippen LogP contribution in [0.3, 0.4) is 0 Å². The van der Waals surface area contributed by atoms with Gasteiger partial charge in [0, 0.05) is 22.5 Å². The van der Waals surface area contributed by atoms with Crippen LogP contribution in [-0.2, 0) is 11.3 Å². The van der Waals surface area contributed by atoms with E-state index in [2.05, 4.69) is 5.32 Å². The molecule has 122 valence electrons. The van der Waals surface area contributed by atoms with Crippen molar-refractivity contribution in [2.45, 2.75) is 32.9 Å². The summed E-state index contributed by atoms with van der Waals surface area (Å²) in [6.07, 6.45) is 0. The summed E-state index contributed by atoms with van der Waals surface area (Å²) in [6, 6.07) is 9.83. The number of aryl methyl sites for hydroxylation is 2. The molecule has 1 amide bonds. The van der Waals surface area contributed by atoms with Crippen LogP contribution in [0, 0.1) is 13.8 Å². The molecule has 0 aliphatic rings. The third kappa shape index (κ3) is 4.00. The normalized spacial score (nSPS) is 13.4. The fraction of sp³-hybridized carbons (Fsp3) is 0.294. The van der Waals surface area contributed by atoms with Gasteiger partial charge < -0.3 is 15.0 Å². The second-order valence-corrected chi connectivity index (χ2v) is 6.22.